The van der Waals surface area contributed by atoms with Crippen molar-refractivity contribution in [3.05, 3.63) is 56.5 Å². The minimum atomic E-state index is -0.433. The van der Waals surface area contributed by atoms with Crippen LogP contribution in [-0.4, -0.2) is 78.5 Å². The van der Waals surface area contributed by atoms with Gasteiger partial charge in [-0.3, -0.25) is 0 Å². The molecule has 10 heteroatoms. The van der Waals surface area contributed by atoms with Crippen LogP contribution in [0.15, 0.2) is 45.3 Å². The van der Waals surface area contributed by atoms with Crippen molar-refractivity contribution in [3.63, 3.8) is 0 Å². The Bertz CT molecular complexity index is 1290. The molecular weight excluding hydrogens is 700 g/mol. The third-order valence-corrected chi connectivity index (χ3v) is 9.07. The Kier molecular flexibility index (Phi) is 13.1. The number of carbonyl (C=O) groups is 2. The number of carbonyl (C=O) groups excluding carboxylic acids is 2. The van der Waals surface area contributed by atoms with E-state index in [1.807, 2.05) is 46.4 Å². The van der Waals surface area contributed by atoms with E-state index >= 15 is 0 Å². The SMILES string of the molecule is Cc1ccc(N(C)C2CCN(C(=O)OC(C)(C)C)CC2)c(Br)c1.Cc1ccc(NC2CCN(C(=O)OC(C)(C)C)CC2)c(Br)c1. The summed E-state index contributed by atoms with van der Waals surface area (Å²) in [5, 5.41) is 3.56. The summed E-state index contributed by atoms with van der Waals surface area (Å²) in [5.41, 5.74) is 3.93. The lowest BCUT2D eigenvalue weighted by atomic mass is 10.0. The van der Waals surface area contributed by atoms with Gasteiger partial charge in [0.2, 0.25) is 0 Å². The molecule has 2 amide bonds. The minimum Gasteiger partial charge on any atom is -0.444 e. The van der Waals surface area contributed by atoms with Crippen LogP contribution in [0.1, 0.15) is 78.4 Å². The Balaban J connectivity index is 0.000000246. The van der Waals surface area contributed by atoms with E-state index in [2.05, 4.69) is 99.4 Å². The molecular formula is C35H52Br2N4O4. The summed E-state index contributed by atoms with van der Waals surface area (Å²) in [6.45, 7) is 18.5. The molecule has 250 valence electrons. The predicted octanol–water partition coefficient (Wildman–Crippen LogP) is 9.16. The van der Waals surface area contributed by atoms with Gasteiger partial charge in [0, 0.05) is 59.9 Å². The molecule has 2 heterocycles. The number of rotatable bonds is 4. The highest BCUT2D eigenvalue weighted by molar-refractivity contribution is 9.11. The summed E-state index contributed by atoms with van der Waals surface area (Å²) < 4.78 is 13.1. The van der Waals surface area contributed by atoms with Crippen LogP contribution in [-0.2, 0) is 9.47 Å². The average Bonchev–Trinajstić information content (AvgIpc) is 2.93. The standard InChI is InChI=1S/C18H27BrN2O2.C17H25BrN2O2/c1-13-6-7-16(15(19)12-13)20(5)14-8-10-21(11-9-14)17(22)23-18(2,3)4;1-12-5-6-15(14(18)11-12)19-13-7-9-20(10-8-13)16(21)22-17(2,3)4/h6-7,12,14H,8-11H2,1-5H3;5-6,11,13,19H,7-10H2,1-4H3. The van der Waals surface area contributed by atoms with Crippen LogP contribution in [0.25, 0.3) is 0 Å². The molecule has 1 N–H and O–H groups in total. The van der Waals surface area contributed by atoms with Crippen LogP contribution >= 0.6 is 31.9 Å². The largest absolute Gasteiger partial charge is 0.444 e. The minimum absolute atomic E-state index is 0.199. The summed E-state index contributed by atoms with van der Waals surface area (Å²) in [7, 11) is 2.13. The van der Waals surface area contributed by atoms with Gasteiger partial charge in [0.05, 0.1) is 5.69 Å². The molecule has 4 rings (SSSR count). The van der Waals surface area contributed by atoms with Crippen molar-refractivity contribution < 1.29 is 19.1 Å². The third kappa shape index (κ3) is 12.0. The van der Waals surface area contributed by atoms with Gasteiger partial charge in [0.25, 0.3) is 0 Å². The smallest absolute Gasteiger partial charge is 0.410 e. The van der Waals surface area contributed by atoms with E-state index in [1.54, 1.807) is 4.90 Å². The molecule has 2 aliphatic heterocycles. The first-order chi connectivity index (χ1) is 20.9. The first-order valence-corrected chi connectivity index (χ1v) is 17.5. The van der Waals surface area contributed by atoms with Gasteiger partial charge >= 0.3 is 12.2 Å². The summed E-state index contributed by atoms with van der Waals surface area (Å²) >= 11 is 7.25. The van der Waals surface area contributed by atoms with Crippen LogP contribution < -0.4 is 10.2 Å². The molecule has 0 aliphatic carbocycles. The number of nitrogens with one attached hydrogen (secondary N) is 1. The summed E-state index contributed by atoms with van der Waals surface area (Å²) in [5.74, 6) is 0. The molecule has 8 nitrogen and oxygen atoms in total. The Morgan fingerprint density at radius 2 is 1.20 bits per heavy atom. The quantitative estimate of drug-likeness (QED) is 0.336. The van der Waals surface area contributed by atoms with Crippen molar-refractivity contribution in [1.29, 1.82) is 0 Å². The topological polar surface area (TPSA) is 74.4 Å². The highest BCUT2D eigenvalue weighted by Gasteiger charge is 2.29. The number of halogens is 2. The fourth-order valence-corrected chi connectivity index (χ4v) is 6.73. The molecule has 2 aliphatic rings. The number of anilines is 2. The van der Waals surface area contributed by atoms with Crippen molar-refractivity contribution in [2.24, 2.45) is 0 Å². The van der Waals surface area contributed by atoms with Crippen LogP contribution in [0.2, 0.25) is 0 Å². The predicted molar refractivity (Wildman–Crippen MR) is 191 cm³/mol. The monoisotopic (exact) mass is 750 g/mol. The Hall–Kier alpha value is -2.46. The summed E-state index contributed by atoms with van der Waals surface area (Å²) in [6, 6.07) is 13.6. The zero-order chi connectivity index (χ0) is 33.5. The van der Waals surface area contributed by atoms with Gasteiger partial charge < -0.3 is 29.5 Å². The molecule has 45 heavy (non-hydrogen) atoms. The number of aryl methyl sites for hydroxylation is 2. The van der Waals surface area contributed by atoms with Crippen molar-refractivity contribution in [1.82, 2.24) is 9.80 Å². The van der Waals surface area contributed by atoms with Crippen molar-refractivity contribution >= 4 is 55.4 Å². The second-order valence-electron chi connectivity index (χ2n) is 14.1. The van der Waals surface area contributed by atoms with Crippen LogP contribution in [0.4, 0.5) is 21.0 Å². The number of piperidine rings is 2. The van der Waals surface area contributed by atoms with E-state index in [9.17, 15) is 9.59 Å². The molecule has 2 aromatic rings. The third-order valence-electron chi connectivity index (χ3n) is 7.78. The van der Waals surface area contributed by atoms with Gasteiger partial charge in [0.15, 0.2) is 0 Å². The van der Waals surface area contributed by atoms with E-state index in [0.29, 0.717) is 12.1 Å². The highest BCUT2D eigenvalue weighted by atomic mass is 79.9. The first-order valence-electron chi connectivity index (χ1n) is 15.9. The van der Waals surface area contributed by atoms with Crippen molar-refractivity contribution in [2.75, 3.05) is 43.4 Å². The number of nitrogens with zero attached hydrogens (tertiary/aromatic N) is 3. The van der Waals surface area contributed by atoms with E-state index in [4.69, 9.17) is 9.47 Å². The second kappa shape index (κ2) is 15.9. The summed E-state index contributed by atoms with van der Waals surface area (Å²) in [4.78, 5) is 30.1. The average molecular weight is 753 g/mol. The first kappa shape index (κ1) is 37.0. The number of likely N-dealkylation sites (tertiary alicyclic amines) is 2. The Morgan fingerprint density at radius 3 is 1.64 bits per heavy atom. The van der Waals surface area contributed by atoms with E-state index in [1.165, 1.54) is 16.8 Å². The second-order valence-corrected chi connectivity index (χ2v) is 15.8. The van der Waals surface area contributed by atoms with Gasteiger partial charge in [-0.25, -0.2) is 9.59 Å². The van der Waals surface area contributed by atoms with Gasteiger partial charge in [0.1, 0.15) is 11.2 Å². The van der Waals surface area contributed by atoms with Crippen molar-refractivity contribution in [2.45, 2.75) is 104 Å². The zero-order valence-corrected chi connectivity index (χ0v) is 31.7. The molecule has 0 spiro atoms. The number of hydrogen-bond donors (Lipinski definition) is 1. The number of hydrogen-bond acceptors (Lipinski definition) is 6. The molecule has 0 saturated carbocycles. The number of ether oxygens (including phenoxy) is 2. The van der Waals surface area contributed by atoms with Crippen LogP contribution in [0.5, 0.6) is 0 Å². The van der Waals surface area contributed by atoms with E-state index in [-0.39, 0.29) is 12.2 Å². The lowest BCUT2D eigenvalue weighted by Gasteiger charge is -2.38. The zero-order valence-electron chi connectivity index (χ0n) is 28.5. The maximum absolute atomic E-state index is 12.1. The molecule has 0 aromatic heterocycles. The fraction of sp³-hybridized carbons (Fsp3) is 0.600. The number of benzene rings is 2. The lowest BCUT2D eigenvalue weighted by Crippen LogP contribution is -2.47. The Morgan fingerprint density at radius 1 is 0.756 bits per heavy atom. The van der Waals surface area contributed by atoms with Gasteiger partial charge in [-0.2, -0.15) is 0 Å². The molecule has 0 unspecified atom stereocenters. The summed E-state index contributed by atoms with van der Waals surface area (Å²) in [6.07, 6.45) is 3.36. The highest BCUT2D eigenvalue weighted by Crippen LogP contribution is 2.31. The lowest BCUT2D eigenvalue weighted by molar-refractivity contribution is 0.0197. The number of amides is 2. The molecule has 2 fully saturated rings. The molecule has 2 aromatic carbocycles. The van der Waals surface area contributed by atoms with Gasteiger partial charge in [-0.05, 0) is 148 Å². The maximum Gasteiger partial charge on any atom is 0.410 e. The van der Waals surface area contributed by atoms with Crippen LogP contribution in [0.3, 0.4) is 0 Å². The molecule has 0 bridgehead atoms. The van der Waals surface area contributed by atoms with Crippen molar-refractivity contribution in [3.8, 4) is 0 Å². The van der Waals surface area contributed by atoms with E-state index in [0.717, 1.165) is 66.5 Å². The fourth-order valence-electron chi connectivity index (χ4n) is 5.35. The molecule has 2 saturated heterocycles. The molecule has 0 atom stereocenters. The van der Waals surface area contributed by atoms with E-state index < -0.39 is 11.2 Å². The molecule has 0 radical (unpaired) electrons. The van der Waals surface area contributed by atoms with Gasteiger partial charge in [-0.1, -0.05) is 12.1 Å². The normalized spacial score (nSPS) is 16.4. The Labute approximate surface area is 287 Å². The maximum atomic E-state index is 12.1. The van der Waals surface area contributed by atoms with Crippen LogP contribution in [0, 0.1) is 13.8 Å². The van der Waals surface area contributed by atoms with Gasteiger partial charge in [-0.15, -0.1) is 0 Å².